The van der Waals surface area contributed by atoms with Crippen LogP contribution < -0.4 is 0 Å². The van der Waals surface area contributed by atoms with Crippen molar-refractivity contribution in [2.24, 2.45) is 0 Å². The molecule has 0 atom stereocenters. The number of nitriles is 3. The van der Waals surface area contributed by atoms with Crippen molar-refractivity contribution in [3.8, 4) is 74.3 Å². The van der Waals surface area contributed by atoms with Crippen LogP contribution in [0.25, 0.3) is 143 Å². The first-order valence-electron chi connectivity index (χ1n) is 27.4. The normalized spacial score (nSPS) is 11.6. The molecule has 16 rings (SSSR count). The van der Waals surface area contributed by atoms with Gasteiger partial charge in [-0.05, 0) is 95.1 Å². The Kier molecular flexibility index (Phi) is 10.3. The van der Waals surface area contributed by atoms with Crippen molar-refractivity contribution in [3.05, 3.63) is 278 Å². The van der Waals surface area contributed by atoms with Crippen molar-refractivity contribution in [3.63, 3.8) is 0 Å². The zero-order valence-electron chi connectivity index (χ0n) is 44.0. The largest absolute Gasteiger partial charge is 0.309 e. The van der Waals surface area contributed by atoms with Gasteiger partial charge >= 0.3 is 0 Å². The van der Waals surface area contributed by atoms with Crippen LogP contribution in [0.15, 0.2) is 261 Å². The predicted molar refractivity (Wildman–Crippen MR) is 334 cm³/mol. The molecule has 0 radical (unpaired) electrons. The van der Waals surface area contributed by atoms with E-state index in [4.69, 9.17) is 0 Å². The zero-order valence-corrected chi connectivity index (χ0v) is 44.0. The summed E-state index contributed by atoms with van der Waals surface area (Å²) in [5, 5.41) is 43.7. The van der Waals surface area contributed by atoms with E-state index in [2.05, 4.69) is 237 Å². The molecule has 0 aliphatic heterocycles. The van der Waals surface area contributed by atoms with Crippen molar-refractivity contribution in [2.75, 3.05) is 0 Å². The molecule has 0 aliphatic rings. The van der Waals surface area contributed by atoms with E-state index in [-0.39, 0.29) is 0 Å². The zero-order chi connectivity index (χ0) is 54.6. The highest BCUT2D eigenvalue weighted by molar-refractivity contribution is 6.30. The van der Waals surface area contributed by atoms with Crippen LogP contribution in [0.1, 0.15) is 16.7 Å². The summed E-state index contributed by atoms with van der Waals surface area (Å²) >= 11 is 0. The van der Waals surface area contributed by atoms with Gasteiger partial charge in [0.25, 0.3) is 0 Å². The maximum absolute atomic E-state index is 12.7. The molecule has 0 bridgehead atoms. The van der Waals surface area contributed by atoms with Gasteiger partial charge in [0.15, 0.2) is 0 Å². The molecule has 4 heterocycles. The number of hydrogen-bond acceptors (Lipinski definition) is 3. The molecule has 82 heavy (non-hydrogen) atoms. The summed E-state index contributed by atoms with van der Waals surface area (Å²) in [5.41, 5.74) is 16.7. The first kappa shape index (κ1) is 46.4. The molecule has 0 saturated heterocycles. The van der Waals surface area contributed by atoms with Crippen LogP contribution >= 0.6 is 0 Å². The van der Waals surface area contributed by atoms with E-state index < -0.39 is 0 Å². The molecule has 7 nitrogen and oxygen atoms in total. The molecule has 4 aromatic heterocycles. The van der Waals surface area contributed by atoms with Crippen LogP contribution in [0.4, 0.5) is 0 Å². The molecular formula is C75H43N7. The van der Waals surface area contributed by atoms with E-state index in [1.807, 2.05) is 60.7 Å². The van der Waals surface area contributed by atoms with Crippen LogP contribution in [0.3, 0.4) is 0 Å². The summed E-state index contributed by atoms with van der Waals surface area (Å²) < 4.78 is 9.11. The highest BCUT2D eigenvalue weighted by atomic mass is 15.1. The predicted octanol–water partition coefficient (Wildman–Crippen LogP) is 18.7. The molecule has 0 amide bonds. The number of hydrogen-bond donors (Lipinski definition) is 0. The van der Waals surface area contributed by atoms with Crippen LogP contribution in [-0.2, 0) is 0 Å². The second kappa shape index (κ2) is 18.2. The fourth-order valence-electron chi connectivity index (χ4n) is 13.3. The van der Waals surface area contributed by atoms with Crippen LogP contribution in [0.2, 0.25) is 0 Å². The fraction of sp³-hybridized carbons (Fsp3) is 0. The molecular weight excluding hydrogens is 999 g/mol. The minimum atomic E-state index is 0.310. The number of nitrogens with zero attached hydrogens (tertiary/aromatic N) is 7. The van der Waals surface area contributed by atoms with E-state index in [9.17, 15) is 15.8 Å². The van der Waals surface area contributed by atoms with Gasteiger partial charge in [0.05, 0.1) is 72.8 Å². The number of fused-ring (bicyclic) bond motifs is 13. The second-order valence-electron chi connectivity index (χ2n) is 20.9. The Bertz CT molecular complexity index is 5200. The van der Waals surface area contributed by atoms with Gasteiger partial charge < -0.3 is 18.3 Å². The lowest BCUT2D eigenvalue weighted by molar-refractivity contribution is 1.08. The Hall–Kier alpha value is -11.7. The summed E-state index contributed by atoms with van der Waals surface area (Å²) in [6.45, 7) is 0. The number of aromatic nitrogens is 4. The molecule has 0 fully saturated rings. The SMILES string of the molecule is N#Cc1ccc(-c2c(-n3c4ccccc4c4ccccc43)c(C#N)c(-n3c4ccc(-c5ccccc5)cc4c4cc(-c5ccccc5)c5c(c6ccccc6n5-c5ccccc5)c43)c(C#N)c2-n2c3ccccc3c3ccccc32)cc1. The van der Waals surface area contributed by atoms with E-state index in [1.54, 1.807) is 0 Å². The smallest absolute Gasteiger partial charge is 0.104 e. The minimum Gasteiger partial charge on any atom is -0.309 e. The van der Waals surface area contributed by atoms with E-state index in [1.165, 1.54) is 0 Å². The molecule has 16 aromatic rings. The average Bonchev–Trinajstić information content (AvgIpc) is 4.16. The first-order chi connectivity index (χ1) is 40.6. The van der Waals surface area contributed by atoms with Gasteiger partial charge in [0.2, 0.25) is 0 Å². The summed E-state index contributed by atoms with van der Waals surface area (Å²) in [4.78, 5) is 0. The first-order valence-corrected chi connectivity index (χ1v) is 27.4. The fourth-order valence-corrected chi connectivity index (χ4v) is 13.3. The lowest BCUT2D eigenvalue weighted by atomic mass is 9.91. The lowest BCUT2D eigenvalue weighted by Gasteiger charge is -2.26. The van der Waals surface area contributed by atoms with Crippen molar-refractivity contribution < 1.29 is 0 Å². The standard InChI is InChI=1S/C75H43N7/c76-44-47-36-38-50(39-37-47)69-74(80-63-31-15-10-26-53(63)54-27-11-16-32-64(54)80)61(45-77)71(62(46-78)75(69)81-65-33-17-12-28-55(65)56-29-13-18-34-66(56)81)82-68-41-40-51(48-20-4-1-5-21-48)42-59(68)60-43-58(49-22-6-2-7-23-49)72-70(73(60)82)57-30-14-19-35-67(57)79(72)52-24-8-3-9-25-52/h1-43H. The van der Waals surface area contributed by atoms with Crippen LogP contribution in [0, 0.1) is 34.0 Å². The number of benzene rings is 12. The van der Waals surface area contributed by atoms with Gasteiger partial charge in [-0.3, -0.25) is 0 Å². The second-order valence-corrected chi connectivity index (χ2v) is 20.9. The molecule has 7 heteroatoms. The molecule has 0 spiro atoms. The van der Waals surface area contributed by atoms with Crippen LogP contribution in [-0.4, -0.2) is 18.3 Å². The summed E-state index contributed by atoms with van der Waals surface area (Å²) in [6.07, 6.45) is 0. The Morgan fingerprint density at radius 3 is 1.20 bits per heavy atom. The van der Waals surface area contributed by atoms with Gasteiger partial charge in [-0.1, -0.05) is 188 Å². The minimum absolute atomic E-state index is 0.310. The average molecular weight is 1040 g/mol. The van der Waals surface area contributed by atoms with Crippen molar-refractivity contribution in [1.29, 1.82) is 15.8 Å². The van der Waals surface area contributed by atoms with Gasteiger partial charge in [0.1, 0.15) is 23.3 Å². The maximum atomic E-state index is 12.7. The van der Waals surface area contributed by atoms with Gasteiger partial charge in [0, 0.05) is 59.9 Å². The highest BCUT2D eigenvalue weighted by Crippen LogP contribution is 2.52. The third kappa shape index (κ3) is 6.61. The third-order valence-corrected chi connectivity index (χ3v) is 16.6. The lowest BCUT2D eigenvalue weighted by Crippen LogP contribution is -2.14. The summed E-state index contributed by atoms with van der Waals surface area (Å²) in [6, 6.07) is 98.3. The molecule has 0 aliphatic carbocycles. The summed E-state index contributed by atoms with van der Waals surface area (Å²) in [5.74, 6) is 0. The topological polar surface area (TPSA) is 91.1 Å². The molecule has 0 N–H and O–H groups in total. The van der Waals surface area contributed by atoms with E-state index >= 15 is 0 Å². The molecule has 378 valence electrons. The Labute approximate surface area is 470 Å². The number of para-hydroxylation sites is 6. The molecule has 12 aromatic carbocycles. The summed E-state index contributed by atoms with van der Waals surface area (Å²) in [7, 11) is 0. The van der Waals surface area contributed by atoms with Crippen LogP contribution in [0.5, 0.6) is 0 Å². The quantitative estimate of drug-likeness (QED) is 0.159. The Balaban J connectivity index is 1.22. The third-order valence-electron chi connectivity index (χ3n) is 16.6. The van der Waals surface area contributed by atoms with Crippen molar-refractivity contribution >= 4 is 87.2 Å². The Morgan fingerprint density at radius 1 is 0.268 bits per heavy atom. The van der Waals surface area contributed by atoms with Gasteiger partial charge in [-0.2, -0.15) is 15.8 Å². The molecule has 0 unspecified atom stereocenters. The molecule has 0 saturated carbocycles. The van der Waals surface area contributed by atoms with Crippen molar-refractivity contribution in [2.45, 2.75) is 0 Å². The number of rotatable bonds is 7. The monoisotopic (exact) mass is 1040 g/mol. The highest BCUT2D eigenvalue weighted by Gasteiger charge is 2.34. The van der Waals surface area contributed by atoms with E-state index in [0.29, 0.717) is 39.3 Å². The maximum Gasteiger partial charge on any atom is 0.104 e. The van der Waals surface area contributed by atoms with E-state index in [0.717, 1.165) is 121 Å². The van der Waals surface area contributed by atoms with Gasteiger partial charge in [-0.15, -0.1) is 0 Å². The Morgan fingerprint density at radius 2 is 0.695 bits per heavy atom. The van der Waals surface area contributed by atoms with Crippen molar-refractivity contribution in [1.82, 2.24) is 18.3 Å². The van der Waals surface area contributed by atoms with Gasteiger partial charge in [-0.25, -0.2) is 0 Å².